The molecule has 2 aliphatic rings. The maximum Gasteiger partial charge on any atom is 0.130 e. The normalized spacial score (nSPS) is 30.7. The van der Waals surface area contributed by atoms with Crippen molar-refractivity contribution in [3.8, 4) is 0 Å². The summed E-state index contributed by atoms with van der Waals surface area (Å²) >= 11 is 0. The van der Waals surface area contributed by atoms with Crippen molar-refractivity contribution in [2.75, 3.05) is 26.7 Å². The number of rotatable bonds is 4. The van der Waals surface area contributed by atoms with E-state index >= 15 is 0 Å². The summed E-state index contributed by atoms with van der Waals surface area (Å²) in [5.74, 6) is 0. The third-order valence-electron chi connectivity index (χ3n) is 4.22. The molecule has 1 aromatic carbocycles. The quantitative estimate of drug-likeness (QED) is 0.631. The highest BCUT2D eigenvalue weighted by atomic mass is 16.7. The van der Waals surface area contributed by atoms with Crippen molar-refractivity contribution in [2.45, 2.75) is 32.0 Å². The molecule has 3 rings (SSSR count). The van der Waals surface area contributed by atoms with Crippen LogP contribution in [0.25, 0.3) is 0 Å². The number of piperazine rings is 1. The summed E-state index contributed by atoms with van der Waals surface area (Å²) in [6.07, 6.45) is 0.586. The molecule has 2 aliphatic heterocycles. The molecule has 0 bridgehead atoms. The molecule has 0 amide bonds. The van der Waals surface area contributed by atoms with Gasteiger partial charge < -0.3 is 5.32 Å². The van der Waals surface area contributed by atoms with Crippen LogP contribution in [0.1, 0.15) is 24.2 Å². The lowest BCUT2D eigenvalue weighted by atomic mass is 10.1. The monoisotopic (exact) mass is 291 g/mol. The number of hydrogen-bond acceptors (Lipinski definition) is 6. The van der Waals surface area contributed by atoms with E-state index in [-0.39, 0.29) is 12.4 Å². The molecule has 2 heterocycles. The zero-order valence-corrected chi connectivity index (χ0v) is 12.7. The lowest BCUT2D eigenvalue weighted by molar-refractivity contribution is 0.0104. The molecule has 0 aliphatic carbocycles. The first-order chi connectivity index (χ1) is 10.2. The van der Waals surface area contributed by atoms with Gasteiger partial charge in [-0.1, -0.05) is 24.3 Å². The Bertz CT molecular complexity index is 446. The van der Waals surface area contributed by atoms with Crippen LogP contribution < -0.4 is 21.4 Å². The summed E-state index contributed by atoms with van der Waals surface area (Å²) < 4.78 is 0. The van der Waals surface area contributed by atoms with Gasteiger partial charge in [0.05, 0.1) is 6.17 Å². The van der Waals surface area contributed by atoms with E-state index in [9.17, 15) is 0 Å². The van der Waals surface area contributed by atoms with Gasteiger partial charge >= 0.3 is 0 Å². The molecule has 6 heteroatoms. The Morgan fingerprint density at radius 1 is 1.29 bits per heavy atom. The molecule has 3 unspecified atom stereocenters. The predicted molar refractivity (Wildman–Crippen MR) is 82.1 cm³/mol. The SMILES string of the molecule is CC1ONC(c2ccc(CNC3CNCCN3)cc2)N1C. The number of hydroxylamine groups is 1. The van der Waals surface area contributed by atoms with Crippen LogP contribution in [-0.4, -0.2) is 44.0 Å². The van der Waals surface area contributed by atoms with Gasteiger partial charge in [0.15, 0.2) is 0 Å². The van der Waals surface area contributed by atoms with Crippen LogP contribution in [0.2, 0.25) is 0 Å². The highest BCUT2D eigenvalue weighted by Crippen LogP contribution is 2.24. The average Bonchev–Trinajstić information content (AvgIpc) is 2.87. The van der Waals surface area contributed by atoms with E-state index in [0.717, 1.165) is 26.2 Å². The average molecular weight is 291 g/mol. The van der Waals surface area contributed by atoms with Crippen LogP contribution in [0.15, 0.2) is 24.3 Å². The summed E-state index contributed by atoms with van der Waals surface area (Å²) in [5.41, 5.74) is 5.59. The van der Waals surface area contributed by atoms with Gasteiger partial charge in [0.25, 0.3) is 0 Å². The van der Waals surface area contributed by atoms with E-state index in [1.54, 1.807) is 0 Å². The molecule has 2 fully saturated rings. The second-order valence-electron chi connectivity index (χ2n) is 5.74. The summed E-state index contributed by atoms with van der Waals surface area (Å²) in [4.78, 5) is 7.61. The minimum absolute atomic E-state index is 0.0984. The lowest BCUT2D eigenvalue weighted by Crippen LogP contribution is -2.55. The number of hydrogen-bond donors (Lipinski definition) is 4. The predicted octanol–water partition coefficient (Wildman–Crippen LogP) is 0.106. The fraction of sp³-hybridized carbons (Fsp3) is 0.600. The maximum absolute atomic E-state index is 5.44. The smallest absolute Gasteiger partial charge is 0.130 e. The van der Waals surface area contributed by atoms with Crippen molar-refractivity contribution in [3.63, 3.8) is 0 Å². The molecule has 116 valence electrons. The fourth-order valence-corrected chi connectivity index (χ4v) is 2.70. The maximum atomic E-state index is 5.44. The third-order valence-corrected chi connectivity index (χ3v) is 4.22. The van der Waals surface area contributed by atoms with Gasteiger partial charge in [-0.15, -0.1) is 0 Å². The molecule has 1 aromatic rings. The Morgan fingerprint density at radius 2 is 2.10 bits per heavy atom. The van der Waals surface area contributed by atoms with Crippen LogP contribution in [0.5, 0.6) is 0 Å². The van der Waals surface area contributed by atoms with Gasteiger partial charge in [0.2, 0.25) is 0 Å². The second-order valence-corrected chi connectivity index (χ2v) is 5.74. The Morgan fingerprint density at radius 3 is 2.71 bits per heavy atom. The Kier molecular flexibility index (Phi) is 4.84. The van der Waals surface area contributed by atoms with Crippen LogP contribution in [0.4, 0.5) is 0 Å². The number of nitrogens with zero attached hydrogens (tertiary/aromatic N) is 1. The van der Waals surface area contributed by atoms with Crippen molar-refractivity contribution in [3.05, 3.63) is 35.4 Å². The van der Waals surface area contributed by atoms with E-state index in [2.05, 4.69) is 57.6 Å². The molecular weight excluding hydrogens is 266 g/mol. The number of nitrogens with one attached hydrogen (secondary N) is 4. The van der Waals surface area contributed by atoms with Crippen molar-refractivity contribution >= 4 is 0 Å². The highest BCUT2D eigenvalue weighted by molar-refractivity contribution is 5.25. The molecule has 21 heavy (non-hydrogen) atoms. The van der Waals surface area contributed by atoms with E-state index in [1.165, 1.54) is 11.1 Å². The van der Waals surface area contributed by atoms with Gasteiger partial charge in [-0.3, -0.25) is 20.4 Å². The first-order valence-electron chi connectivity index (χ1n) is 7.63. The van der Waals surface area contributed by atoms with Crippen molar-refractivity contribution in [2.24, 2.45) is 0 Å². The standard InChI is InChI=1S/C15H25N5O/c1-11-20(2)15(19-21-11)13-5-3-12(4-6-13)9-18-14-10-16-7-8-17-14/h3-6,11,14-19H,7-10H2,1-2H3. The van der Waals surface area contributed by atoms with Gasteiger partial charge in [-0.2, -0.15) is 5.48 Å². The molecule has 0 spiro atoms. The molecule has 6 nitrogen and oxygen atoms in total. The summed E-state index contributed by atoms with van der Waals surface area (Å²) in [5, 5.41) is 10.3. The van der Waals surface area contributed by atoms with Crippen LogP contribution in [0.3, 0.4) is 0 Å². The van der Waals surface area contributed by atoms with Crippen molar-refractivity contribution < 1.29 is 4.84 Å². The minimum atomic E-state index is 0.0984. The molecule has 0 saturated carbocycles. The molecular formula is C15H25N5O. The fourth-order valence-electron chi connectivity index (χ4n) is 2.70. The van der Waals surface area contributed by atoms with Crippen molar-refractivity contribution in [1.29, 1.82) is 0 Å². The molecule has 3 atom stereocenters. The van der Waals surface area contributed by atoms with E-state index in [4.69, 9.17) is 4.84 Å². The second kappa shape index (κ2) is 6.83. The summed E-state index contributed by atoms with van der Waals surface area (Å²) in [7, 11) is 2.06. The van der Waals surface area contributed by atoms with Gasteiger partial charge in [0.1, 0.15) is 12.4 Å². The third kappa shape index (κ3) is 3.60. The highest BCUT2D eigenvalue weighted by Gasteiger charge is 2.28. The molecule has 0 radical (unpaired) electrons. The topological polar surface area (TPSA) is 60.6 Å². The zero-order valence-electron chi connectivity index (χ0n) is 12.7. The largest absolute Gasteiger partial charge is 0.313 e. The van der Waals surface area contributed by atoms with E-state index < -0.39 is 0 Å². The van der Waals surface area contributed by atoms with Crippen molar-refractivity contribution in [1.82, 2.24) is 26.3 Å². The van der Waals surface area contributed by atoms with Gasteiger partial charge in [-0.05, 0) is 25.1 Å². The Balaban J connectivity index is 1.54. The van der Waals surface area contributed by atoms with Crippen LogP contribution in [0, 0.1) is 0 Å². The first-order valence-corrected chi connectivity index (χ1v) is 7.63. The van der Waals surface area contributed by atoms with Gasteiger partial charge in [0, 0.05) is 26.2 Å². The zero-order chi connectivity index (χ0) is 14.7. The van der Waals surface area contributed by atoms with Crippen LogP contribution in [-0.2, 0) is 11.4 Å². The number of benzene rings is 1. The van der Waals surface area contributed by atoms with Crippen LogP contribution >= 0.6 is 0 Å². The molecule has 4 N–H and O–H groups in total. The van der Waals surface area contributed by atoms with Gasteiger partial charge in [-0.25, -0.2) is 0 Å². The minimum Gasteiger partial charge on any atom is -0.313 e. The molecule has 0 aromatic heterocycles. The first kappa shape index (κ1) is 14.9. The Labute approximate surface area is 126 Å². The Hall–Kier alpha value is -1.02. The lowest BCUT2D eigenvalue weighted by Gasteiger charge is -2.25. The van der Waals surface area contributed by atoms with E-state index in [1.807, 2.05) is 6.92 Å². The summed E-state index contributed by atoms with van der Waals surface area (Å²) in [6, 6.07) is 8.69. The van der Waals surface area contributed by atoms with E-state index in [0.29, 0.717) is 6.17 Å². The summed E-state index contributed by atoms with van der Waals surface area (Å²) in [6.45, 7) is 5.96. The molecule has 2 saturated heterocycles.